The van der Waals surface area contributed by atoms with Gasteiger partial charge in [0.2, 0.25) is 0 Å². The van der Waals surface area contributed by atoms with Crippen LogP contribution in [0.4, 0.5) is 0 Å². The average Bonchev–Trinajstić information content (AvgIpc) is 1.57. The Bertz CT molecular complexity index is 7510. The maximum absolute atomic E-state index is 6.42. The zero-order valence-corrected chi connectivity index (χ0v) is 52.7. The number of benzene rings is 15. The summed E-state index contributed by atoms with van der Waals surface area (Å²) < 4.78 is 44.9. The summed E-state index contributed by atoms with van der Waals surface area (Å²) in [5.74, 6) is 0. The van der Waals surface area contributed by atoms with Crippen molar-refractivity contribution in [2.75, 3.05) is 0 Å². The Morgan fingerprint density at radius 3 is 1.10 bits per heavy atom. The average molecular weight is 1270 g/mol. The van der Waals surface area contributed by atoms with Gasteiger partial charge in [0, 0.05) is 97.9 Å². The fourth-order valence-electron chi connectivity index (χ4n) is 16.2. The standard InChI is InChI=1S/3C30H17NO2/c1-4-12-23-22(10-1)28-24(17-16-21-19-9-3-6-15-27(19)33-30(21)28)31(23)25-13-7-11-20-18-8-2-5-14-26(18)32-29(20)25;1-4-12-22-20(9-1)28-23(16-17-27-29(28)21-10-3-6-15-26(21)32-27)31(22)24-13-7-11-19-18-8-2-5-14-25(18)33-30(19)24;1-4-10-24-19(7-1)22-15-16-27-29(23-9-3-6-12-26(23)32-27)30(22)31(24)18-13-14-21-20-8-2-5-11-25(20)33-28(21)17-18/h3*1-17H. The van der Waals surface area contributed by atoms with Crippen molar-refractivity contribution in [2.45, 2.75) is 0 Å². The molecule has 9 heteroatoms. The zero-order chi connectivity index (χ0) is 64.6. The van der Waals surface area contributed by atoms with Crippen LogP contribution in [-0.4, -0.2) is 13.7 Å². The van der Waals surface area contributed by atoms with Gasteiger partial charge in [-0.25, -0.2) is 0 Å². The van der Waals surface area contributed by atoms with Gasteiger partial charge in [-0.2, -0.15) is 0 Å². The summed E-state index contributed by atoms with van der Waals surface area (Å²) in [6.07, 6.45) is 0. The quantitative estimate of drug-likeness (QED) is 0.175. The lowest BCUT2D eigenvalue weighted by Gasteiger charge is -2.08. The molecule has 0 radical (unpaired) electrons. The van der Waals surface area contributed by atoms with Gasteiger partial charge in [-0.1, -0.05) is 188 Å². The van der Waals surface area contributed by atoms with Crippen molar-refractivity contribution in [2.24, 2.45) is 0 Å². The number of hydrogen-bond donors (Lipinski definition) is 0. The molecule has 9 nitrogen and oxygen atoms in total. The van der Waals surface area contributed by atoms with E-state index < -0.39 is 0 Å². The van der Waals surface area contributed by atoms with E-state index in [2.05, 4.69) is 250 Å². The number of aromatic nitrogens is 3. The lowest BCUT2D eigenvalue weighted by Crippen LogP contribution is -1.94. The molecular weight excluding hydrogens is 1220 g/mol. The van der Waals surface area contributed by atoms with Crippen LogP contribution in [0.1, 0.15) is 0 Å². The highest BCUT2D eigenvalue weighted by Gasteiger charge is 2.25. The molecule has 15 aromatic carbocycles. The Labute approximate surface area is 560 Å². The summed E-state index contributed by atoms with van der Waals surface area (Å²) in [5, 5.41) is 20.8. The summed E-state index contributed by atoms with van der Waals surface area (Å²) in [6, 6.07) is 107. The molecule has 9 heterocycles. The lowest BCUT2D eigenvalue weighted by atomic mass is 10.1. The van der Waals surface area contributed by atoms with E-state index in [0.29, 0.717) is 0 Å². The van der Waals surface area contributed by atoms with Crippen LogP contribution in [0.15, 0.2) is 336 Å². The zero-order valence-electron chi connectivity index (χ0n) is 52.7. The monoisotopic (exact) mass is 1270 g/mol. The van der Waals surface area contributed by atoms with Crippen molar-refractivity contribution >= 4 is 197 Å². The third kappa shape index (κ3) is 7.69. The van der Waals surface area contributed by atoms with Crippen molar-refractivity contribution in [3.05, 3.63) is 309 Å². The predicted molar refractivity (Wildman–Crippen MR) is 406 cm³/mol. The Balaban J connectivity index is 0.0000000949. The van der Waals surface area contributed by atoms with Gasteiger partial charge in [0.1, 0.15) is 55.8 Å². The van der Waals surface area contributed by atoms with E-state index in [0.717, 1.165) is 182 Å². The van der Waals surface area contributed by atoms with Gasteiger partial charge in [0.25, 0.3) is 0 Å². The van der Waals surface area contributed by atoms with Crippen molar-refractivity contribution in [1.29, 1.82) is 0 Å². The van der Waals surface area contributed by atoms with E-state index in [-0.39, 0.29) is 0 Å². The lowest BCUT2D eigenvalue weighted by molar-refractivity contribution is 0.666. The first-order valence-corrected chi connectivity index (χ1v) is 33.4. The Morgan fingerprint density at radius 1 is 0.172 bits per heavy atom. The van der Waals surface area contributed by atoms with Crippen LogP contribution in [-0.2, 0) is 0 Å². The number of furan rings is 6. The molecule has 0 aliphatic carbocycles. The molecule has 0 aliphatic rings. The molecule has 0 amide bonds. The van der Waals surface area contributed by atoms with Crippen molar-refractivity contribution in [3.8, 4) is 17.1 Å². The Kier molecular flexibility index (Phi) is 11.1. The molecule has 24 aromatic rings. The molecule has 0 spiro atoms. The highest BCUT2D eigenvalue weighted by Crippen LogP contribution is 2.47. The van der Waals surface area contributed by atoms with E-state index in [1.54, 1.807) is 0 Å². The number of nitrogens with zero attached hydrogens (tertiary/aromatic N) is 3. The molecule has 0 aliphatic heterocycles. The second-order valence-corrected chi connectivity index (χ2v) is 25.6. The fourth-order valence-corrected chi connectivity index (χ4v) is 16.2. The van der Waals surface area contributed by atoms with Crippen LogP contribution in [0.2, 0.25) is 0 Å². The van der Waals surface area contributed by atoms with Crippen molar-refractivity contribution in [1.82, 2.24) is 13.7 Å². The van der Waals surface area contributed by atoms with Crippen LogP contribution in [0.3, 0.4) is 0 Å². The molecular formula is C90H51N3O6. The molecule has 0 N–H and O–H groups in total. The van der Waals surface area contributed by atoms with E-state index in [4.69, 9.17) is 26.5 Å². The van der Waals surface area contributed by atoms with Crippen molar-refractivity contribution < 1.29 is 26.5 Å². The Hall–Kier alpha value is -13.5. The third-order valence-electron chi connectivity index (χ3n) is 20.4. The van der Waals surface area contributed by atoms with E-state index in [9.17, 15) is 0 Å². The van der Waals surface area contributed by atoms with Crippen molar-refractivity contribution in [3.63, 3.8) is 0 Å². The number of fused-ring (bicyclic) bond motifs is 30. The largest absolute Gasteiger partial charge is 0.456 e. The minimum absolute atomic E-state index is 0.892. The van der Waals surface area contributed by atoms with Crippen LogP contribution in [0.25, 0.3) is 214 Å². The minimum atomic E-state index is 0.892. The topological polar surface area (TPSA) is 93.6 Å². The van der Waals surface area contributed by atoms with Crippen LogP contribution in [0, 0.1) is 0 Å². The fraction of sp³-hybridized carbons (Fsp3) is 0. The van der Waals surface area contributed by atoms with Gasteiger partial charge in [0.05, 0.1) is 55.2 Å². The summed E-state index contributed by atoms with van der Waals surface area (Å²) in [7, 11) is 0. The summed E-state index contributed by atoms with van der Waals surface area (Å²) >= 11 is 0. The summed E-state index contributed by atoms with van der Waals surface area (Å²) in [6.45, 7) is 0. The van der Waals surface area contributed by atoms with E-state index in [1.165, 1.54) is 32.4 Å². The van der Waals surface area contributed by atoms with Crippen LogP contribution in [0.5, 0.6) is 0 Å². The van der Waals surface area contributed by atoms with Gasteiger partial charge in [-0.3, -0.25) is 0 Å². The van der Waals surface area contributed by atoms with Crippen LogP contribution >= 0.6 is 0 Å². The maximum atomic E-state index is 6.42. The SMILES string of the molecule is c1ccc2c(c1)oc1c(-n3c4ccccc4c4c5c(ccc43)oc3ccccc35)cccc12.c1ccc2c(c1)oc1c(-n3c4ccccc4c4c5oc6ccccc6c5ccc43)cccc12.c1ccc2c(c1)oc1cc(-n3c4ccccc4c4ccc5oc6ccccc6c5c43)ccc12. The molecule has 0 bridgehead atoms. The molecule has 9 aromatic heterocycles. The molecule has 24 rings (SSSR count). The van der Waals surface area contributed by atoms with E-state index >= 15 is 0 Å². The first-order valence-electron chi connectivity index (χ1n) is 33.4. The normalized spacial score (nSPS) is 12.2. The molecule has 0 fully saturated rings. The first-order chi connectivity index (χ1) is 49.1. The van der Waals surface area contributed by atoms with Gasteiger partial charge in [0.15, 0.2) is 11.2 Å². The summed E-state index contributed by atoms with van der Waals surface area (Å²) in [4.78, 5) is 0. The van der Waals surface area contributed by atoms with Gasteiger partial charge in [-0.05, 0) is 115 Å². The summed E-state index contributed by atoms with van der Waals surface area (Å²) in [5.41, 5.74) is 20.9. The second-order valence-electron chi connectivity index (χ2n) is 25.6. The molecule has 0 saturated carbocycles. The molecule has 0 atom stereocenters. The van der Waals surface area contributed by atoms with Crippen LogP contribution < -0.4 is 0 Å². The molecule has 0 saturated heterocycles. The predicted octanol–water partition coefficient (Wildman–Crippen LogP) is 25.7. The maximum Gasteiger partial charge on any atom is 0.159 e. The minimum Gasteiger partial charge on any atom is -0.456 e. The van der Waals surface area contributed by atoms with Gasteiger partial charge >= 0.3 is 0 Å². The molecule has 0 unspecified atom stereocenters. The molecule has 99 heavy (non-hydrogen) atoms. The Morgan fingerprint density at radius 2 is 0.525 bits per heavy atom. The smallest absolute Gasteiger partial charge is 0.159 e. The highest BCUT2D eigenvalue weighted by atomic mass is 16.3. The third-order valence-corrected chi connectivity index (χ3v) is 20.4. The van der Waals surface area contributed by atoms with E-state index in [1.807, 2.05) is 72.8 Å². The molecule has 462 valence electrons. The number of rotatable bonds is 3. The first kappa shape index (κ1) is 53.8. The number of hydrogen-bond acceptors (Lipinski definition) is 6. The highest BCUT2D eigenvalue weighted by molar-refractivity contribution is 6.29. The second kappa shape index (κ2) is 20.5. The number of para-hydroxylation sites is 11. The van der Waals surface area contributed by atoms with Gasteiger partial charge < -0.3 is 40.2 Å². The van der Waals surface area contributed by atoms with Gasteiger partial charge in [-0.15, -0.1) is 0 Å².